The first kappa shape index (κ1) is 9.23. The van der Waals surface area contributed by atoms with Crippen molar-refractivity contribution in [2.75, 3.05) is 6.54 Å². The zero-order chi connectivity index (χ0) is 9.80. The Balaban J connectivity index is 2.05. The van der Waals surface area contributed by atoms with Crippen LogP contribution in [0.3, 0.4) is 0 Å². The van der Waals surface area contributed by atoms with E-state index in [-0.39, 0.29) is 0 Å². The molecule has 72 valence electrons. The summed E-state index contributed by atoms with van der Waals surface area (Å²) in [6.45, 7) is 2.62. The smallest absolute Gasteiger partial charge is 0.0605 e. The Kier molecular flexibility index (Phi) is 2.81. The molecule has 0 saturated heterocycles. The zero-order valence-electron chi connectivity index (χ0n) is 8.38. The van der Waals surface area contributed by atoms with Gasteiger partial charge >= 0.3 is 0 Å². The van der Waals surface area contributed by atoms with Gasteiger partial charge in [0.2, 0.25) is 0 Å². The van der Waals surface area contributed by atoms with Crippen molar-refractivity contribution in [3.05, 3.63) is 29.6 Å². The standard InChI is InChI=1S/C12H14N2/c1-2-3-8-13-11-7-6-10-5-4-9-14-12(10)11/h4-5,9,11,13H,6-8H2,1H3. The average molecular weight is 186 g/mol. The fraction of sp³-hybridized carbons (Fsp3) is 0.417. The van der Waals surface area contributed by atoms with E-state index in [0.717, 1.165) is 19.4 Å². The molecule has 0 fully saturated rings. The maximum absolute atomic E-state index is 4.41. The van der Waals surface area contributed by atoms with Crippen LogP contribution >= 0.6 is 0 Å². The largest absolute Gasteiger partial charge is 0.298 e. The molecule has 1 aromatic heterocycles. The van der Waals surface area contributed by atoms with Gasteiger partial charge in [0.15, 0.2) is 0 Å². The number of aryl methyl sites for hydroxylation is 1. The molecule has 0 bridgehead atoms. The maximum atomic E-state index is 4.41. The van der Waals surface area contributed by atoms with Crippen molar-refractivity contribution >= 4 is 0 Å². The monoisotopic (exact) mass is 186 g/mol. The maximum Gasteiger partial charge on any atom is 0.0605 e. The molecule has 0 saturated carbocycles. The van der Waals surface area contributed by atoms with Crippen LogP contribution in [0.25, 0.3) is 0 Å². The first-order valence-electron chi connectivity index (χ1n) is 4.98. The van der Waals surface area contributed by atoms with Crippen molar-refractivity contribution in [2.24, 2.45) is 0 Å². The van der Waals surface area contributed by atoms with E-state index in [0.29, 0.717) is 6.04 Å². The van der Waals surface area contributed by atoms with E-state index in [9.17, 15) is 0 Å². The van der Waals surface area contributed by atoms with E-state index in [2.05, 4.69) is 28.2 Å². The number of fused-ring (bicyclic) bond motifs is 1. The molecule has 0 aromatic carbocycles. The van der Waals surface area contributed by atoms with Crippen LogP contribution in [0, 0.1) is 11.8 Å². The summed E-state index contributed by atoms with van der Waals surface area (Å²) in [6, 6.07) is 4.58. The molecule has 1 aliphatic carbocycles. The van der Waals surface area contributed by atoms with E-state index in [4.69, 9.17) is 0 Å². The molecule has 14 heavy (non-hydrogen) atoms. The highest BCUT2D eigenvalue weighted by atomic mass is 14.9. The minimum Gasteiger partial charge on any atom is -0.298 e. The highest BCUT2D eigenvalue weighted by molar-refractivity contribution is 5.28. The van der Waals surface area contributed by atoms with Crippen LogP contribution in [0.2, 0.25) is 0 Å². The van der Waals surface area contributed by atoms with Gasteiger partial charge in [0.1, 0.15) is 0 Å². The van der Waals surface area contributed by atoms with E-state index in [1.807, 2.05) is 19.2 Å². The van der Waals surface area contributed by atoms with E-state index in [1.54, 1.807) is 0 Å². The Morgan fingerprint density at radius 1 is 1.64 bits per heavy atom. The van der Waals surface area contributed by atoms with Crippen LogP contribution in [-0.4, -0.2) is 11.5 Å². The van der Waals surface area contributed by atoms with E-state index in [1.165, 1.54) is 11.3 Å². The van der Waals surface area contributed by atoms with Crippen LogP contribution < -0.4 is 5.32 Å². The van der Waals surface area contributed by atoms with Crippen molar-refractivity contribution in [2.45, 2.75) is 25.8 Å². The lowest BCUT2D eigenvalue weighted by Gasteiger charge is -2.09. The summed E-state index contributed by atoms with van der Waals surface area (Å²) in [5, 5.41) is 3.40. The van der Waals surface area contributed by atoms with Gasteiger partial charge in [-0.1, -0.05) is 12.0 Å². The third-order valence-corrected chi connectivity index (χ3v) is 2.57. The SMILES string of the molecule is CC#CCNC1CCc2cccnc21. The van der Waals surface area contributed by atoms with Crippen LogP contribution in [-0.2, 0) is 6.42 Å². The number of hydrogen-bond acceptors (Lipinski definition) is 2. The molecule has 0 amide bonds. The Morgan fingerprint density at radius 2 is 2.57 bits per heavy atom. The van der Waals surface area contributed by atoms with Gasteiger partial charge in [-0.15, -0.1) is 5.92 Å². The normalized spacial score (nSPS) is 18.5. The molecule has 2 heteroatoms. The first-order valence-corrected chi connectivity index (χ1v) is 4.98. The van der Waals surface area contributed by atoms with Crippen molar-refractivity contribution in [3.63, 3.8) is 0 Å². The Hall–Kier alpha value is -1.33. The third-order valence-electron chi connectivity index (χ3n) is 2.57. The Labute approximate surface area is 84.7 Å². The Morgan fingerprint density at radius 3 is 3.43 bits per heavy atom. The molecule has 0 radical (unpaired) electrons. The van der Waals surface area contributed by atoms with Gasteiger partial charge in [-0.2, -0.15) is 0 Å². The summed E-state index contributed by atoms with van der Waals surface area (Å²) in [6.07, 6.45) is 4.16. The van der Waals surface area contributed by atoms with Gasteiger partial charge in [-0.05, 0) is 31.4 Å². The highest BCUT2D eigenvalue weighted by Crippen LogP contribution is 2.28. The van der Waals surface area contributed by atoms with Crippen molar-refractivity contribution in [1.82, 2.24) is 10.3 Å². The van der Waals surface area contributed by atoms with Gasteiger partial charge < -0.3 is 0 Å². The summed E-state index contributed by atoms with van der Waals surface area (Å²) in [5.74, 6) is 5.90. The number of nitrogens with zero attached hydrogens (tertiary/aromatic N) is 1. The molecule has 0 aliphatic heterocycles. The van der Waals surface area contributed by atoms with E-state index < -0.39 is 0 Å². The fourth-order valence-electron chi connectivity index (χ4n) is 1.87. The molecular formula is C12H14N2. The molecule has 0 spiro atoms. The minimum atomic E-state index is 0.409. The number of rotatable bonds is 2. The molecule has 1 aliphatic rings. The number of hydrogen-bond donors (Lipinski definition) is 1. The van der Waals surface area contributed by atoms with Crippen molar-refractivity contribution in [3.8, 4) is 11.8 Å². The van der Waals surface area contributed by atoms with Gasteiger partial charge in [-0.3, -0.25) is 10.3 Å². The second kappa shape index (κ2) is 4.26. The molecule has 1 atom stereocenters. The van der Waals surface area contributed by atoms with Gasteiger partial charge in [0, 0.05) is 6.20 Å². The molecule has 1 unspecified atom stereocenters. The van der Waals surface area contributed by atoms with E-state index >= 15 is 0 Å². The predicted octanol–water partition coefficient (Wildman–Crippen LogP) is 1.68. The highest BCUT2D eigenvalue weighted by Gasteiger charge is 2.22. The van der Waals surface area contributed by atoms with Crippen LogP contribution in [0.15, 0.2) is 18.3 Å². The summed E-state index contributed by atoms with van der Waals surface area (Å²) in [7, 11) is 0. The average Bonchev–Trinajstić information content (AvgIpc) is 2.63. The lowest BCUT2D eigenvalue weighted by molar-refractivity contribution is 0.557. The minimum absolute atomic E-state index is 0.409. The van der Waals surface area contributed by atoms with Gasteiger partial charge in [0.05, 0.1) is 18.3 Å². The number of nitrogens with one attached hydrogen (secondary N) is 1. The van der Waals surface area contributed by atoms with Crippen LogP contribution in [0.5, 0.6) is 0 Å². The summed E-state index contributed by atoms with van der Waals surface area (Å²) in [4.78, 5) is 4.41. The summed E-state index contributed by atoms with van der Waals surface area (Å²) in [5.41, 5.74) is 2.60. The fourth-order valence-corrected chi connectivity index (χ4v) is 1.87. The Bertz CT molecular complexity index is 373. The van der Waals surface area contributed by atoms with Crippen molar-refractivity contribution < 1.29 is 0 Å². The third kappa shape index (κ3) is 1.78. The molecule has 2 nitrogen and oxygen atoms in total. The van der Waals surface area contributed by atoms with Gasteiger partial charge in [-0.25, -0.2) is 0 Å². The number of aromatic nitrogens is 1. The van der Waals surface area contributed by atoms with Crippen molar-refractivity contribution in [1.29, 1.82) is 0 Å². The lowest BCUT2D eigenvalue weighted by Crippen LogP contribution is -2.20. The topological polar surface area (TPSA) is 24.9 Å². The second-order valence-electron chi connectivity index (χ2n) is 3.45. The lowest BCUT2D eigenvalue weighted by atomic mass is 10.2. The summed E-state index contributed by atoms with van der Waals surface area (Å²) >= 11 is 0. The van der Waals surface area contributed by atoms with Crippen LogP contribution in [0.4, 0.5) is 0 Å². The molecule has 2 rings (SSSR count). The zero-order valence-corrected chi connectivity index (χ0v) is 8.38. The molecular weight excluding hydrogens is 172 g/mol. The molecule has 1 heterocycles. The molecule has 1 aromatic rings. The number of pyridine rings is 1. The summed E-state index contributed by atoms with van der Waals surface area (Å²) < 4.78 is 0. The quantitative estimate of drug-likeness (QED) is 0.711. The predicted molar refractivity (Wildman–Crippen MR) is 56.8 cm³/mol. The molecule has 1 N–H and O–H groups in total. The van der Waals surface area contributed by atoms with Gasteiger partial charge in [0.25, 0.3) is 0 Å². The first-order chi connectivity index (χ1) is 6.92. The van der Waals surface area contributed by atoms with Crippen LogP contribution in [0.1, 0.15) is 30.6 Å². The second-order valence-corrected chi connectivity index (χ2v) is 3.45.